The molecule has 6 heteroatoms. The standard InChI is InChI=1S/C28H27N3O3/c32-27-22-6-2-1-5-20(22)18-34-26-10-9-19(17-23(26)27)11-14-30-15-12-21(13-16-30)31-25-8-4-3-7-24(25)29-28(31)33/h1-10,17,21H,11-16,18H2,(H,29,33). The van der Waals surface area contributed by atoms with Crippen LogP contribution in [0.4, 0.5) is 0 Å². The van der Waals surface area contributed by atoms with E-state index < -0.39 is 0 Å². The van der Waals surface area contributed by atoms with Crippen LogP contribution in [0.3, 0.4) is 0 Å². The molecule has 0 radical (unpaired) electrons. The van der Waals surface area contributed by atoms with Gasteiger partial charge in [0, 0.05) is 36.8 Å². The highest BCUT2D eigenvalue weighted by molar-refractivity contribution is 6.12. The van der Waals surface area contributed by atoms with Crippen LogP contribution in [0.5, 0.6) is 5.75 Å². The molecular formula is C28H27N3O3. The van der Waals surface area contributed by atoms with Crippen molar-refractivity contribution in [3.8, 4) is 5.75 Å². The van der Waals surface area contributed by atoms with Crippen molar-refractivity contribution in [2.24, 2.45) is 0 Å². The molecule has 1 saturated heterocycles. The maximum Gasteiger partial charge on any atom is 0.326 e. The fraction of sp³-hybridized carbons (Fsp3) is 0.286. The van der Waals surface area contributed by atoms with Crippen LogP contribution >= 0.6 is 0 Å². The Bertz CT molecular complexity index is 1430. The Kier molecular flexibility index (Phi) is 5.30. The van der Waals surface area contributed by atoms with E-state index in [1.165, 1.54) is 0 Å². The normalized spacial score (nSPS) is 16.6. The minimum absolute atomic E-state index is 0.0157. The average molecular weight is 454 g/mol. The van der Waals surface area contributed by atoms with Gasteiger partial charge in [-0.2, -0.15) is 0 Å². The summed E-state index contributed by atoms with van der Waals surface area (Å²) in [5.74, 6) is 0.699. The summed E-state index contributed by atoms with van der Waals surface area (Å²) in [6, 6.07) is 21.8. The summed E-state index contributed by atoms with van der Waals surface area (Å²) in [6.07, 6.45) is 2.78. The number of nitrogens with zero attached hydrogens (tertiary/aromatic N) is 2. The Morgan fingerprint density at radius 2 is 1.71 bits per heavy atom. The molecule has 2 aliphatic heterocycles. The Balaban J connectivity index is 1.12. The number of carbonyl (C=O) groups excluding carboxylic acids is 1. The summed E-state index contributed by atoms with van der Waals surface area (Å²) in [7, 11) is 0. The van der Waals surface area contributed by atoms with Crippen LogP contribution in [-0.4, -0.2) is 39.9 Å². The van der Waals surface area contributed by atoms with Crippen molar-refractivity contribution < 1.29 is 9.53 Å². The zero-order valence-corrected chi connectivity index (χ0v) is 19.0. The van der Waals surface area contributed by atoms with Crippen molar-refractivity contribution in [2.75, 3.05) is 19.6 Å². The highest BCUT2D eigenvalue weighted by atomic mass is 16.5. The van der Waals surface area contributed by atoms with Crippen LogP contribution in [0.15, 0.2) is 71.5 Å². The van der Waals surface area contributed by atoms with Gasteiger partial charge in [-0.3, -0.25) is 9.36 Å². The molecule has 6 rings (SSSR count). The molecule has 2 aliphatic rings. The van der Waals surface area contributed by atoms with E-state index in [2.05, 4.69) is 16.0 Å². The molecule has 0 amide bonds. The number of benzene rings is 3. The molecule has 0 atom stereocenters. The van der Waals surface area contributed by atoms with E-state index in [0.717, 1.165) is 66.6 Å². The zero-order valence-electron chi connectivity index (χ0n) is 19.0. The lowest BCUT2D eigenvalue weighted by Crippen LogP contribution is -2.38. The number of aromatic amines is 1. The Morgan fingerprint density at radius 3 is 2.59 bits per heavy atom. The number of hydrogen-bond acceptors (Lipinski definition) is 4. The van der Waals surface area contributed by atoms with Gasteiger partial charge in [0.25, 0.3) is 0 Å². The van der Waals surface area contributed by atoms with E-state index in [-0.39, 0.29) is 17.5 Å². The highest BCUT2D eigenvalue weighted by Crippen LogP contribution is 2.30. The minimum Gasteiger partial charge on any atom is -0.488 e. The fourth-order valence-corrected chi connectivity index (χ4v) is 5.33. The number of carbonyl (C=O) groups is 1. The topological polar surface area (TPSA) is 67.3 Å². The lowest BCUT2D eigenvalue weighted by molar-refractivity contribution is 0.103. The van der Waals surface area contributed by atoms with Crippen molar-refractivity contribution in [3.05, 3.63) is 99.5 Å². The molecule has 0 aliphatic carbocycles. The first-order valence-corrected chi connectivity index (χ1v) is 12.0. The molecule has 0 bridgehead atoms. The van der Waals surface area contributed by atoms with Gasteiger partial charge >= 0.3 is 5.69 Å². The van der Waals surface area contributed by atoms with Gasteiger partial charge < -0.3 is 14.6 Å². The quantitative estimate of drug-likeness (QED) is 0.499. The molecule has 0 saturated carbocycles. The number of ether oxygens (including phenoxy) is 1. The Morgan fingerprint density at radius 1 is 0.912 bits per heavy atom. The molecule has 34 heavy (non-hydrogen) atoms. The van der Waals surface area contributed by atoms with Crippen LogP contribution < -0.4 is 10.4 Å². The van der Waals surface area contributed by atoms with Gasteiger partial charge in [0.1, 0.15) is 12.4 Å². The number of ketones is 1. The van der Waals surface area contributed by atoms with Crippen molar-refractivity contribution in [3.63, 3.8) is 0 Å². The smallest absolute Gasteiger partial charge is 0.326 e. The van der Waals surface area contributed by atoms with Gasteiger partial charge in [-0.1, -0.05) is 42.5 Å². The molecule has 6 nitrogen and oxygen atoms in total. The number of likely N-dealkylation sites (tertiary alicyclic amines) is 1. The lowest BCUT2D eigenvalue weighted by Gasteiger charge is -2.32. The van der Waals surface area contributed by atoms with E-state index in [9.17, 15) is 9.59 Å². The minimum atomic E-state index is -0.0157. The summed E-state index contributed by atoms with van der Waals surface area (Å²) in [5, 5.41) is 0. The second kappa shape index (κ2) is 8.61. The molecule has 0 spiro atoms. The van der Waals surface area contributed by atoms with Crippen LogP contribution in [0.2, 0.25) is 0 Å². The van der Waals surface area contributed by atoms with E-state index in [0.29, 0.717) is 17.9 Å². The number of piperidine rings is 1. The largest absolute Gasteiger partial charge is 0.488 e. The number of hydrogen-bond donors (Lipinski definition) is 1. The predicted octanol–water partition coefficient (Wildman–Crippen LogP) is 4.33. The molecule has 4 aromatic rings. The van der Waals surface area contributed by atoms with Crippen molar-refractivity contribution in [2.45, 2.75) is 31.9 Å². The number of nitrogens with one attached hydrogen (secondary N) is 1. The lowest BCUT2D eigenvalue weighted by atomic mass is 9.97. The van der Waals surface area contributed by atoms with Crippen LogP contribution in [0.1, 0.15) is 45.9 Å². The average Bonchev–Trinajstić information content (AvgIpc) is 3.14. The van der Waals surface area contributed by atoms with Gasteiger partial charge in [0.05, 0.1) is 16.6 Å². The third kappa shape index (κ3) is 3.74. The van der Waals surface area contributed by atoms with Gasteiger partial charge in [-0.05, 0) is 49.1 Å². The molecule has 0 unspecified atom stereocenters. The molecule has 1 aromatic heterocycles. The fourth-order valence-electron chi connectivity index (χ4n) is 5.33. The number of imidazole rings is 1. The number of rotatable bonds is 4. The summed E-state index contributed by atoms with van der Waals surface area (Å²) in [5.41, 5.74) is 5.34. The van der Waals surface area contributed by atoms with Gasteiger partial charge in [0.15, 0.2) is 5.78 Å². The monoisotopic (exact) mass is 453 g/mol. The van der Waals surface area contributed by atoms with Crippen LogP contribution in [0, 0.1) is 0 Å². The Labute approximate surface area is 197 Å². The first-order chi connectivity index (χ1) is 16.7. The first-order valence-electron chi connectivity index (χ1n) is 12.0. The van der Waals surface area contributed by atoms with Crippen LogP contribution in [-0.2, 0) is 13.0 Å². The molecule has 1 N–H and O–H groups in total. The molecule has 3 aromatic carbocycles. The third-order valence-corrected chi connectivity index (χ3v) is 7.20. The van der Waals surface area contributed by atoms with E-state index in [1.807, 2.05) is 65.2 Å². The molecular weight excluding hydrogens is 426 g/mol. The summed E-state index contributed by atoms with van der Waals surface area (Å²) >= 11 is 0. The van der Waals surface area contributed by atoms with Gasteiger partial charge in [-0.15, -0.1) is 0 Å². The number of fused-ring (bicyclic) bond motifs is 3. The zero-order chi connectivity index (χ0) is 23.1. The summed E-state index contributed by atoms with van der Waals surface area (Å²) in [6.45, 7) is 3.26. The summed E-state index contributed by atoms with van der Waals surface area (Å²) < 4.78 is 7.85. The SMILES string of the molecule is O=C1c2ccccc2COc2ccc(CCN3CCC(n4c(=O)[nH]c5ccccc54)CC3)cc21. The molecule has 1 fully saturated rings. The van der Waals surface area contributed by atoms with E-state index >= 15 is 0 Å². The van der Waals surface area contributed by atoms with E-state index in [1.54, 1.807) is 0 Å². The van der Waals surface area contributed by atoms with Crippen molar-refractivity contribution >= 4 is 16.8 Å². The van der Waals surface area contributed by atoms with Crippen molar-refractivity contribution in [1.82, 2.24) is 14.5 Å². The molecule has 3 heterocycles. The molecule has 172 valence electrons. The van der Waals surface area contributed by atoms with Gasteiger partial charge in [0.2, 0.25) is 0 Å². The maximum atomic E-state index is 13.1. The third-order valence-electron chi connectivity index (χ3n) is 7.20. The van der Waals surface area contributed by atoms with Gasteiger partial charge in [-0.25, -0.2) is 4.79 Å². The highest BCUT2D eigenvalue weighted by Gasteiger charge is 2.25. The Hall–Kier alpha value is -3.64. The maximum absolute atomic E-state index is 13.1. The number of H-pyrrole nitrogens is 1. The second-order valence-corrected chi connectivity index (χ2v) is 9.25. The van der Waals surface area contributed by atoms with E-state index in [4.69, 9.17) is 4.74 Å². The van der Waals surface area contributed by atoms with Crippen LogP contribution in [0.25, 0.3) is 11.0 Å². The summed E-state index contributed by atoms with van der Waals surface area (Å²) in [4.78, 5) is 31.1. The second-order valence-electron chi connectivity index (χ2n) is 9.25. The number of aromatic nitrogens is 2. The van der Waals surface area contributed by atoms with Crippen molar-refractivity contribution in [1.29, 1.82) is 0 Å². The number of para-hydroxylation sites is 2. The first kappa shape index (κ1) is 20.9. The predicted molar refractivity (Wildman–Crippen MR) is 132 cm³/mol.